The maximum Gasteiger partial charge on any atom is 0.408 e. The number of carbonyl (C=O) groups excluding carboxylic acids is 4. The highest BCUT2D eigenvalue weighted by Gasteiger charge is 2.35. The van der Waals surface area contributed by atoms with Crippen molar-refractivity contribution in [1.82, 2.24) is 21.3 Å². The Hall–Kier alpha value is -3.18. The first kappa shape index (κ1) is 33.0. The fraction of sp³-hybridized carbons (Fsp3) is 0.655. The van der Waals surface area contributed by atoms with Gasteiger partial charge in [0, 0.05) is 12.5 Å². The van der Waals surface area contributed by atoms with Gasteiger partial charge in [-0.2, -0.15) is 0 Å². The Bertz CT molecular complexity index is 980. The van der Waals surface area contributed by atoms with Gasteiger partial charge in [0.15, 0.2) is 0 Å². The van der Waals surface area contributed by atoms with Crippen LogP contribution in [0.15, 0.2) is 30.3 Å². The monoisotopic (exact) mass is 562 g/mol. The molecule has 0 spiro atoms. The summed E-state index contributed by atoms with van der Waals surface area (Å²) in [6, 6.07) is 6.41. The summed E-state index contributed by atoms with van der Waals surface area (Å²) in [5, 5.41) is 20.8. The van der Waals surface area contributed by atoms with Crippen LogP contribution in [0.2, 0.25) is 0 Å². The van der Waals surface area contributed by atoms with Crippen LogP contribution >= 0.6 is 0 Å². The van der Waals surface area contributed by atoms with Crippen molar-refractivity contribution in [2.75, 3.05) is 13.2 Å². The van der Waals surface area contributed by atoms with Crippen LogP contribution in [0.3, 0.4) is 0 Å². The minimum atomic E-state index is -1.15. The molecule has 0 aliphatic carbocycles. The highest BCUT2D eigenvalue weighted by molar-refractivity contribution is 5.91. The molecule has 1 heterocycles. The SMILES string of the molecule is CC(C)C[C@H](NC(=O)[C@@H](NC(=O)OCc1ccccc1)[C@@H](C)OC(C)(C)C)C(=O)N[C@H](CO)C[C@@H]1CCNC1=O. The van der Waals surface area contributed by atoms with Crippen molar-refractivity contribution in [3.63, 3.8) is 0 Å². The first-order chi connectivity index (χ1) is 18.8. The molecule has 1 aliphatic rings. The standard InChI is InChI=1S/C29H46N4O7/c1-18(2)14-23(26(36)31-22(16-34)15-21-12-13-30-25(21)35)32-27(37)24(19(3)40-29(4,5)6)33-28(38)39-17-20-10-8-7-9-11-20/h7-11,18-19,21-24,34H,12-17H2,1-6H3,(H,30,35)(H,31,36)(H,32,37)(H,33,38)/t19-,21+,22+,23+,24+/m1/s1. The Labute approximate surface area is 237 Å². The van der Waals surface area contributed by atoms with Gasteiger partial charge in [0.1, 0.15) is 18.7 Å². The summed E-state index contributed by atoms with van der Waals surface area (Å²) in [7, 11) is 0. The van der Waals surface area contributed by atoms with Crippen LogP contribution in [-0.2, 0) is 30.5 Å². The van der Waals surface area contributed by atoms with Gasteiger partial charge in [-0.05, 0) is 58.4 Å². The largest absolute Gasteiger partial charge is 0.445 e. The second-order valence-corrected chi connectivity index (χ2v) is 11.7. The first-order valence-corrected chi connectivity index (χ1v) is 13.9. The number of aliphatic hydroxyl groups excluding tert-OH is 1. The topological polar surface area (TPSA) is 155 Å². The van der Waals surface area contributed by atoms with Crippen molar-refractivity contribution in [1.29, 1.82) is 0 Å². The lowest BCUT2D eigenvalue weighted by atomic mass is 9.97. The van der Waals surface area contributed by atoms with Crippen LogP contribution in [0.4, 0.5) is 4.79 Å². The van der Waals surface area contributed by atoms with Crippen molar-refractivity contribution in [2.45, 2.75) is 97.2 Å². The fourth-order valence-corrected chi connectivity index (χ4v) is 4.57. The third kappa shape index (κ3) is 11.5. The van der Waals surface area contributed by atoms with Gasteiger partial charge >= 0.3 is 6.09 Å². The van der Waals surface area contributed by atoms with E-state index < -0.39 is 47.7 Å². The molecule has 11 nitrogen and oxygen atoms in total. The Morgan fingerprint density at radius 2 is 1.73 bits per heavy atom. The van der Waals surface area contributed by atoms with E-state index in [1.54, 1.807) is 6.92 Å². The van der Waals surface area contributed by atoms with Gasteiger partial charge in [-0.15, -0.1) is 0 Å². The summed E-state index contributed by atoms with van der Waals surface area (Å²) in [6.45, 7) is 11.3. The van der Waals surface area contributed by atoms with E-state index in [2.05, 4.69) is 21.3 Å². The van der Waals surface area contributed by atoms with Gasteiger partial charge in [-0.3, -0.25) is 14.4 Å². The zero-order valence-electron chi connectivity index (χ0n) is 24.5. The molecule has 224 valence electrons. The average Bonchev–Trinajstić information content (AvgIpc) is 3.28. The normalized spacial score (nSPS) is 18.3. The second kappa shape index (κ2) is 15.6. The smallest absolute Gasteiger partial charge is 0.408 e. The lowest BCUT2D eigenvalue weighted by Crippen LogP contribution is -2.59. The van der Waals surface area contributed by atoms with E-state index >= 15 is 0 Å². The maximum atomic E-state index is 13.5. The molecule has 5 N–H and O–H groups in total. The Morgan fingerprint density at radius 3 is 2.27 bits per heavy atom. The van der Waals surface area contributed by atoms with Crippen molar-refractivity contribution in [3.05, 3.63) is 35.9 Å². The van der Waals surface area contributed by atoms with Crippen LogP contribution in [0.5, 0.6) is 0 Å². The van der Waals surface area contributed by atoms with E-state index in [0.29, 0.717) is 25.8 Å². The van der Waals surface area contributed by atoms with Gasteiger partial charge in [0.05, 0.1) is 24.4 Å². The quantitative estimate of drug-likeness (QED) is 0.232. The number of benzene rings is 1. The lowest BCUT2D eigenvalue weighted by molar-refractivity contribution is -0.135. The third-order valence-corrected chi connectivity index (χ3v) is 6.42. The van der Waals surface area contributed by atoms with Crippen LogP contribution in [0.25, 0.3) is 0 Å². The molecule has 1 aliphatic heterocycles. The number of ether oxygens (including phenoxy) is 2. The maximum absolute atomic E-state index is 13.5. The van der Waals surface area contributed by atoms with Crippen molar-refractivity contribution in [3.8, 4) is 0 Å². The molecule has 1 aromatic rings. The summed E-state index contributed by atoms with van der Waals surface area (Å²) >= 11 is 0. The average molecular weight is 563 g/mol. The minimum absolute atomic E-state index is 0.0233. The van der Waals surface area contributed by atoms with Crippen LogP contribution < -0.4 is 21.3 Å². The Morgan fingerprint density at radius 1 is 1.05 bits per heavy atom. The molecule has 11 heteroatoms. The van der Waals surface area contributed by atoms with Crippen molar-refractivity contribution < 1.29 is 33.8 Å². The highest BCUT2D eigenvalue weighted by atomic mass is 16.6. The van der Waals surface area contributed by atoms with Gasteiger partial charge in [0.25, 0.3) is 0 Å². The predicted octanol–water partition coefficient (Wildman–Crippen LogP) is 2.02. The molecular formula is C29H46N4O7. The van der Waals surface area contributed by atoms with Gasteiger partial charge in [0.2, 0.25) is 17.7 Å². The summed E-state index contributed by atoms with van der Waals surface area (Å²) in [4.78, 5) is 51.4. The number of alkyl carbamates (subject to hydrolysis) is 1. The lowest BCUT2D eigenvalue weighted by Gasteiger charge is -2.32. The van der Waals surface area contributed by atoms with E-state index in [0.717, 1.165) is 5.56 Å². The molecule has 0 unspecified atom stereocenters. The van der Waals surface area contributed by atoms with Crippen LogP contribution in [0.1, 0.15) is 66.4 Å². The molecule has 40 heavy (non-hydrogen) atoms. The Balaban J connectivity index is 2.12. The number of amides is 4. The molecule has 0 aromatic heterocycles. The number of hydrogen-bond acceptors (Lipinski definition) is 7. The summed E-state index contributed by atoms with van der Waals surface area (Å²) < 4.78 is 11.3. The molecule has 0 radical (unpaired) electrons. The highest BCUT2D eigenvalue weighted by Crippen LogP contribution is 2.17. The first-order valence-electron chi connectivity index (χ1n) is 13.9. The third-order valence-electron chi connectivity index (χ3n) is 6.42. The molecular weight excluding hydrogens is 516 g/mol. The summed E-state index contributed by atoms with van der Waals surface area (Å²) in [6.07, 6.45) is -0.299. The zero-order valence-corrected chi connectivity index (χ0v) is 24.5. The van der Waals surface area contributed by atoms with Gasteiger partial charge in [-0.1, -0.05) is 44.2 Å². The molecule has 1 saturated heterocycles. The van der Waals surface area contributed by atoms with E-state index in [4.69, 9.17) is 9.47 Å². The number of carbonyl (C=O) groups is 4. The molecule has 4 amide bonds. The molecule has 1 fully saturated rings. The van der Waals surface area contributed by atoms with E-state index in [1.807, 2.05) is 65.0 Å². The molecule has 2 rings (SSSR count). The fourth-order valence-electron chi connectivity index (χ4n) is 4.57. The predicted molar refractivity (Wildman–Crippen MR) is 150 cm³/mol. The van der Waals surface area contributed by atoms with Crippen molar-refractivity contribution >= 4 is 23.8 Å². The molecule has 1 aromatic carbocycles. The molecule has 0 saturated carbocycles. The molecule has 0 bridgehead atoms. The van der Waals surface area contributed by atoms with E-state index in [-0.39, 0.29) is 31.0 Å². The number of aliphatic hydroxyl groups is 1. The van der Waals surface area contributed by atoms with Crippen LogP contribution in [0, 0.1) is 11.8 Å². The Kier molecular flexibility index (Phi) is 12.9. The second-order valence-electron chi connectivity index (χ2n) is 11.7. The number of rotatable bonds is 14. The van der Waals surface area contributed by atoms with E-state index in [9.17, 15) is 24.3 Å². The van der Waals surface area contributed by atoms with Gasteiger partial charge < -0.3 is 35.8 Å². The molecule has 5 atom stereocenters. The number of nitrogens with one attached hydrogen (secondary N) is 4. The van der Waals surface area contributed by atoms with Gasteiger partial charge in [-0.25, -0.2) is 4.79 Å². The van der Waals surface area contributed by atoms with E-state index in [1.165, 1.54) is 0 Å². The summed E-state index contributed by atoms with van der Waals surface area (Å²) in [5.74, 6) is -1.42. The van der Waals surface area contributed by atoms with Crippen LogP contribution in [-0.4, -0.2) is 71.9 Å². The van der Waals surface area contributed by atoms with Crippen molar-refractivity contribution in [2.24, 2.45) is 11.8 Å². The minimum Gasteiger partial charge on any atom is -0.445 e. The number of hydrogen-bond donors (Lipinski definition) is 5. The zero-order chi connectivity index (χ0) is 29.9. The summed E-state index contributed by atoms with van der Waals surface area (Å²) in [5.41, 5.74) is 0.184.